The predicted octanol–water partition coefficient (Wildman–Crippen LogP) is 4.40. The molecule has 0 aliphatic carbocycles. The molecule has 184 valence electrons. The number of esters is 4. The molecule has 0 aliphatic heterocycles. The Morgan fingerprint density at radius 1 is 0.351 bits per heavy atom. The first-order chi connectivity index (χ1) is 18.0. The van der Waals surface area contributed by atoms with Crippen LogP contribution in [-0.4, -0.2) is 23.9 Å². The lowest BCUT2D eigenvalue weighted by molar-refractivity contribution is -0.179. The molecule has 0 bridgehead atoms. The Morgan fingerprint density at radius 2 is 0.541 bits per heavy atom. The molecular weight excluding hydrogens is 476 g/mol. The molecule has 0 unspecified atom stereocenters. The molecule has 0 N–H and O–H groups in total. The number of para-hydroxylation sites is 4. The van der Waals surface area contributed by atoms with Crippen LogP contribution in [0.5, 0.6) is 23.0 Å². The Morgan fingerprint density at radius 3 is 0.730 bits per heavy atom. The van der Waals surface area contributed by atoms with E-state index in [0.29, 0.717) is 0 Å². The van der Waals surface area contributed by atoms with Gasteiger partial charge in [-0.1, -0.05) is 72.8 Å². The van der Waals surface area contributed by atoms with Crippen LogP contribution in [0.3, 0.4) is 0 Å². The Hall–Kier alpha value is -5.24. The monoisotopic (exact) mass is 496 g/mol. The average Bonchev–Trinajstić information content (AvgIpc) is 2.91. The van der Waals surface area contributed by atoms with Crippen molar-refractivity contribution in [2.75, 3.05) is 0 Å². The fourth-order valence-electron chi connectivity index (χ4n) is 3.19. The summed E-state index contributed by atoms with van der Waals surface area (Å²) < 4.78 is 21.3. The van der Waals surface area contributed by atoms with Crippen LogP contribution in [-0.2, 0) is 19.2 Å². The van der Waals surface area contributed by atoms with Crippen molar-refractivity contribution in [3.8, 4) is 23.0 Å². The first kappa shape index (κ1) is 24.9. The summed E-state index contributed by atoms with van der Waals surface area (Å²) >= 11 is 0. The van der Waals surface area contributed by atoms with E-state index in [-0.39, 0.29) is 23.0 Å². The summed E-state index contributed by atoms with van der Waals surface area (Å²) in [4.78, 5) is 54.4. The van der Waals surface area contributed by atoms with Gasteiger partial charge in [-0.15, -0.1) is 0 Å². The highest BCUT2D eigenvalue weighted by molar-refractivity contribution is 6.33. The smallest absolute Gasteiger partial charge is 0.357 e. The Kier molecular flexibility index (Phi) is 7.70. The van der Waals surface area contributed by atoms with Crippen LogP contribution >= 0.6 is 0 Å². The van der Waals surface area contributed by atoms with Gasteiger partial charge in [-0.25, -0.2) is 19.2 Å². The van der Waals surface area contributed by atoms with E-state index in [4.69, 9.17) is 18.9 Å². The van der Waals surface area contributed by atoms with Gasteiger partial charge >= 0.3 is 29.3 Å². The number of rotatable bonds is 8. The summed E-state index contributed by atoms with van der Waals surface area (Å²) in [7, 11) is 0. The summed E-state index contributed by atoms with van der Waals surface area (Å²) in [5.41, 5.74) is -3.29. The minimum atomic E-state index is -3.29. The van der Waals surface area contributed by atoms with Crippen molar-refractivity contribution in [2.45, 2.75) is 0 Å². The summed E-state index contributed by atoms with van der Waals surface area (Å²) in [6, 6.07) is 30.5. The first-order valence-electron chi connectivity index (χ1n) is 11.1. The zero-order chi connectivity index (χ0) is 26.1. The van der Waals surface area contributed by atoms with Crippen molar-refractivity contribution in [3.63, 3.8) is 0 Å². The number of hydrogen-bond acceptors (Lipinski definition) is 8. The minimum Gasteiger partial charge on any atom is -0.425 e. The molecule has 0 heterocycles. The highest BCUT2D eigenvalue weighted by Gasteiger charge is 2.66. The number of ether oxygens (including phenoxy) is 4. The molecule has 0 spiro atoms. The van der Waals surface area contributed by atoms with Crippen molar-refractivity contribution in [1.82, 2.24) is 0 Å². The standard InChI is InChI=1S/C29H20O8/c30-25(34-21-13-5-1-6-14-21)29(26(31)35-22-15-7-2-8-16-22,27(32)36-23-17-9-3-10-18-23)28(33)37-24-19-11-4-12-20-24/h1-20H. The molecule has 0 aliphatic rings. The van der Waals surface area contributed by atoms with Crippen molar-refractivity contribution in [2.24, 2.45) is 5.41 Å². The quantitative estimate of drug-likeness (QED) is 0.201. The molecule has 4 aromatic rings. The van der Waals surface area contributed by atoms with Crippen molar-refractivity contribution in [1.29, 1.82) is 0 Å². The Balaban J connectivity index is 1.81. The van der Waals surface area contributed by atoms with Crippen LogP contribution in [0.25, 0.3) is 0 Å². The molecule has 0 amide bonds. The lowest BCUT2D eigenvalue weighted by atomic mass is 9.87. The van der Waals surface area contributed by atoms with Crippen LogP contribution in [0.2, 0.25) is 0 Å². The summed E-state index contributed by atoms with van der Waals surface area (Å²) in [6.07, 6.45) is 0. The van der Waals surface area contributed by atoms with Gasteiger partial charge < -0.3 is 18.9 Å². The molecule has 0 atom stereocenters. The molecular formula is C29H20O8. The Labute approximate surface area is 212 Å². The van der Waals surface area contributed by atoms with Crippen LogP contribution in [0.4, 0.5) is 0 Å². The van der Waals surface area contributed by atoms with Gasteiger partial charge in [0.1, 0.15) is 23.0 Å². The third-order valence-electron chi connectivity index (χ3n) is 5.04. The van der Waals surface area contributed by atoms with Gasteiger partial charge in [0, 0.05) is 0 Å². The zero-order valence-electron chi connectivity index (χ0n) is 19.3. The minimum absolute atomic E-state index is 0.0237. The van der Waals surface area contributed by atoms with E-state index in [9.17, 15) is 19.2 Å². The third-order valence-corrected chi connectivity index (χ3v) is 5.04. The van der Waals surface area contributed by atoms with Crippen LogP contribution in [0.1, 0.15) is 0 Å². The second-order valence-electron chi connectivity index (χ2n) is 7.56. The maximum atomic E-state index is 13.6. The van der Waals surface area contributed by atoms with Crippen molar-refractivity contribution in [3.05, 3.63) is 121 Å². The highest BCUT2D eigenvalue weighted by Crippen LogP contribution is 2.30. The number of benzene rings is 4. The molecule has 8 heteroatoms. The van der Waals surface area contributed by atoms with E-state index in [1.807, 2.05) is 0 Å². The largest absolute Gasteiger partial charge is 0.425 e. The van der Waals surface area contributed by atoms with E-state index in [2.05, 4.69) is 0 Å². The van der Waals surface area contributed by atoms with Gasteiger partial charge in [-0.2, -0.15) is 0 Å². The van der Waals surface area contributed by atoms with Crippen LogP contribution in [0.15, 0.2) is 121 Å². The molecule has 4 rings (SSSR count). The second kappa shape index (κ2) is 11.5. The second-order valence-corrected chi connectivity index (χ2v) is 7.56. The predicted molar refractivity (Wildman–Crippen MR) is 131 cm³/mol. The van der Waals surface area contributed by atoms with Gasteiger partial charge in [0.05, 0.1) is 0 Å². The highest BCUT2D eigenvalue weighted by atomic mass is 16.6. The van der Waals surface area contributed by atoms with Gasteiger partial charge in [0.25, 0.3) is 0 Å². The molecule has 0 saturated carbocycles. The number of hydrogen-bond donors (Lipinski definition) is 0. The molecule has 37 heavy (non-hydrogen) atoms. The van der Waals surface area contributed by atoms with Crippen molar-refractivity contribution >= 4 is 23.9 Å². The van der Waals surface area contributed by atoms with Gasteiger partial charge in [0.15, 0.2) is 0 Å². The molecule has 8 nitrogen and oxygen atoms in total. The maximum Gasteiger partial charge on any atom is 0.357 e. The van der Waals surface area contributed by atoms with Gasteiger partial charge in [0.2, 0.25) is 0 Å². The lowest BCUT2D eigenvalue weighted by Crippen LogP contribution is -2.59. The molecule has 0 saturated heterocycles. The topological polar surface area (TPSA) is 105 Å². The number of carbonyl (C=O) groups is 4. The van der Waals surface area contributed by atoms with E-state index in [0.717, 1.165) is 0 Å². The van der Waals surface area contributed by atoms with Gasteiger partial charge in [-0.05, 0) is 48.5 Å². The summed E-state index contributed by atoms with van der Waals surface area (Å²) in [5, 5.41) is 0. The maximum absolute atomic E-state index is 13.6. The van der Waals surface area contributed by atoms with Crippen molar-refractivity contribution < 1.29 is 38.1 Å². The lowest BCUT2D eigenvalue weighted by Gasteiger charge is -2.25. The first-order valence-corrected chi connectivity index (χ1v) is 11.1. The van der Waals surface area contributed by atoms with E-state index >= 15 is 0 Å². The summed E-state index contributed by atoms with van der Waals surface area (Å²) in [5.74, 6) is -6.31. The SMILES string of the molecule is O=C(Oc1ccccc1)C(C(=O)Oc1ccccc1)(C(=O)Oc1ccccc1)C(=O)Oc1ccccc1. The van der Waals surface area contributed by atoms with E-state index in [1.165, 1.54) is 48.5 Å². The molecule has 0 fully saturated rings. The average molecular weight is 496 g/mol. The zero-order valence-corrected chi connectivity index (χ0v) is 19.3. The fourth-order valence-corrected chi connectivity index (χ4v) is 3.19. The summed E-state index contributed by atoms with van der Waals surface area (Å²) in [6.45, 7) is 0. The fraction of sp³-hybridized carbons (Fsp3) is 0.0345. The van der Waals surface area contributed by atoms with E-state index in [1.54, 1.807) is 72.8 Å². The molecule has 0 aromatic heterocycles. The normalized spacial score (nSPS) is 10.6. The molecule has 4 aromatic carbocycles. The van der Waals surface area contributed by atoms with Gasteiger partial charge in [-0.3, -0.25) is 0 Å². The Bertz CT molecular complexity index is 1150. The molecule has 0 radical (unpaired) electrons. The van der Waals surface area contributed by atoms with Crippen LogP contribution < -0.4 is 18.9 Å². The third kappa shape index (κ3) is 5.71. The van der Waals surface area contributed by atoms with E-state index < -0.39 is 29.3 Å². The van der Waals surface area contributed by atoms with Crippen LogP contribution in [0, 0.1) is 5.41 Å². The number of carbonyl (C=O) groups excluding carboxylic acids is 4.